The van der Waals surface area contributed by atoms with Gasteiger partial charge in [0.15, 0.2) is 0 Å². The van der Waals surface area contributed by atoms with Crippen molar-refractivity contribution in [3.8, 4) is 23.1 Å². The van der Waals surface area contributed by atoms with Crippen LogP contribution < -0.4 is 16.2 Å². The van der Waals surface area contributed by atoms with Gasteiger partial charge in [-0.3, -0.25) is 4.79 Å². The number of nitrogens with two attached hydrogens (primary N) is 2. The van der Waals surface area contributed by atoms with E-state index in [1.54, 1.807) is 42.7 Å². The quantitative estimate of drug-likeness (QED) is 0.687. The maximum Gasteiger partial charge on any atom is 0.321 e. The lowest BCUT2D eigenvalue weighted by Crippen LogP contribution is -2.20. The van der Waals surface area contributed by atoms with Crippen LogP contribution in [0.4, 0.5) is 0 Å². The summed E-state index contributed by atoms with van der Waals surface area (Å²) in [6.45, 7) is 0. The van der Waals surface area contributed by atoms with Gasteiger partial charge in [0.25, 0.3) is 0 Å². The fourth-order valence-corrected chi connectivity index (χ4v) is 1.92. The Bertz CT molecular complexity index is 819. The van der Waals surface area contributed by atoms with E-state index in [4.69, 9.17) is 20.7 Å². The summed E-state index contributed by atoms with van der Waals surface area (Å²) in [7, 11) is 0. The molecule has 2 heterocycles. The van der Waals surface area contributed by atoms with Gasteiger partial charge in [-0.05, 0) is 30.3 Å². The molecule has 9 heteroatoms. The maximum absolute atomic E-state index is 10.9. The Morgan fingerprint density at radius 1 is 1.21 bits per heavy atom. The lowest BCUT2D eigenvalue weighted by Gasteiger charge is -2.03. The molecule has 2 aromatic heterocycles. The van der Waals surface area contributed by atoms with Crippen molar-refractivity contribution in [3.63, 3.8) is 0 Å². The SMILES string of the molecule is NC(=O)C[C@H](N)c1nc(-c2ccc(Oc3ncccn3)cc2)no1. The van der Waals surface area contributed by atoms with E-state index in [1.165, 1.54) is 0 Å². The summed E-state index contributed by atoms with van der Waals surface area (Å²) < 4.78 is 10.6. The third-order valence-electron chi connectivity index (χ3n) is 3.04. The van der Waals surface area contributed by atoms with Crippen molar-refractivity contribution in [2.45, 2.75) is 12.5 Å². The first-order chi connectivity index (χ1) is 11.6. The zero-order valence-corrected chi connectivity index (χ0v) is 12.5. The van der Waals surface area contributed by atoms with E-state index in [9.17, 15) is 4.79 Å². The minimum Gasteiger partial charge on any atom is -0.424 e. The highest BCUT2D eigenvalue weighted by atomic mass is 16.5. The van der Waals surface area contributed by atoms with Gasteiger partial charge in [0.2, 0.25) is 17.6 Å². The van der Waals surface area contributed by atoms with Crippen molar-refractivity contribution in [1.29, 1.82) is 0 Å². The number of rotatable bonds is 6. The number of amides is 1. The molecule has 0 saturated carbocycles. The molecular weight excluding hydrogens is 312 g/mol. The summed E-state index contributed by atoms with van der Waals surface area (Å²) in [5.41, 5.74) is 11.6. The van der Waals surface area contributed by atoms with Crippen LogP contribution in [0.3, 0.4) is 0 Å². The van der Waals surface area contributed by atoms with Crippen LogP contribution in [0.15, 0.2) is 47.2 Å². The Hall–Kier alpha value is -3.33. The average molecular weight is 326 g/mol. The molecule has 0 saturated heterocycles. The molecule has 0 bridgehead atoms. The van der Waals surface area contributed by atoms with Crippen LogP contribution in [-0.4, -0.2) is 26.0 Å². The molecule has 0 aliphatic heterocycles. The number of primary amides is 1. The predicted molar refractivity (Wildman–Crippen MR) is 82.6 cm³/mol. The zero-order valence-electron chi connectivity index (χ0n) is 12.5. The summed E-state index contributed by atoms with van der Waals surface area (Å²) in [6.07, 6.45) is 3.12. The zero-order chi connectivity index (χ0) is 16.9. The Morgan fingerprint density at radius 2 is 1.92 bits per heavy atom. The van der Waals surface area contributed by atoms with Gasteiger partial charge >= 0.3 is 6.01 Å². The van der Waals surface area contributed by atoms with Gasteiger partial charge in [0, 0.05) is 18.0 Å². The molecule has 122 valence electrons. The van der Waals surface area contributed by atoms with Crippen LogP contribution in [-0.2, 0) is 4.79 Å². The second-order valence-corrected chi connectivity index (χ2v) is 4.89. The Balaban J connectivity index is 1.72. The monoisotopic (exact) mass is 326 g/mol. The van der Waals surface area contributed by atoms with Gasteiger partial charge in [0.1, 0.15) is 5.75 Å². The first-order valence-corrected chi connectivity index (χ1v) is 7.04. The Labute approximate surface area is 136 Å². The maximum atomic E-state index is 10.9. The van der Waals surface area contributed by atoms with Crippen molar-refractivity contribution >= 4 is 5.91 Å². The molecule has 0 radical (unpaired) electrons. The molecule has 1 atom stereocenters. The van der Waals surface area contributed by atoms with E-state index in [1.807, 2.05) is 0 Å². The van der Waals surface area contributed by atoms with Crippen LogP contribution in [0.5, 0.6) is 11.8 Å². The molecule has 0 aliphatic carbocycles. The van der Waals surface area contributed by atoms with E-state index in [2.05, 4.69) is 20.1 Å². The Morgan fingerprint density at radius 3 is 2.58 bits per heavy atom. The van der Waals surface area contributed by atoms with Gasteiger partial charge in [-0.2, -0.15) is 4.98 Å². The second-order valence-electron chi connectivity index (χ2n) is 4.89. The third-order valence-corrected chi connectivity index (χ3v) is 3.04. The van der Waals surface area contributed by atoms with Gasteiger partial charge < -0.3 is 20.7 Å². The van der Waals surface area contributed by atoms with Crippen LogP contribution in [0.1, 0.15) is 18.4 Å². The first-order valence-electron chi connectivity index (χ1n) is 7.04. The number of nitrogens with zero attached hydrogens (tertiary/aromatic N) is 4. The van der Waals surface area contributed by atoms with E-state index in [0.29, 0.717) is 17.1 Å². The molecular formula is C15H14N6O3. The molecule has 1 aromatic carbocycles. The summed E-state index contributed by atoms with van der Waals surface area (Å²) in [5.74, 6) is 0.542. The number of ether oxygens (including phenoxy) is 1. The smallest absolute Gasteiger partial charge is 0.321 e. The summed E-state index contributed by atoms with van der Waals surface area (Å²) in [5, 5.41) is 3.84. The van der Waals surface area contributed by atoms with Crippen LogP contribution in [0.25, 0.3) is 11.4 Å². The number of hydrogen-bond acceptors (Lipinski definition) is 8. The van der Waals surface area contributed by atoms with Crippen molar-refractivity contribution < 1.29 is 14.1 Å². The van der Waals surface area contributed by atoms with Gasteiger partial charge in [-0.1, -0.05) is 5.16 Å². The van der Waals surface area contributed by atoms with Crippen LogP contribution >= 0.6 is 0 Å². The highest BCUT2D eigenvalue weighted by Gasteiger charge is 2.17. The number of aromatic nitrogens is 4. The normalized spacial score (nSPS) is 11.9. The van der Waals surface area contributed by atoms with E-state index < -0.39 is 11.9 Å². The summed E-state index contributed by atoms with van der Waals surface area (Å²) in [6, 6.07) is 8.20. The van der Waals surface area contributed by atoms with Crippen molar-refractivity contribution in [2.24, 2.45) is 11.5 Å². The lowest BCUT2D eigenvalue weighted by molar-refractivity contribution is -0.118. The van der Waals surface area contributed by atoms with Crippen LogP contribution in [0.2, 0.25) is 0 Å². The van der Waals surface area contributed by atoms with Gasteiger partial charge in [-0.15, -0.1) is 0 Å². The van der Waals surface area contributed by atoms with E-state index in [-0.39, 0.29) is 18.3 Å². The van der Waals surface area contributed by atoms with E-state index >= 15 is 0 Å². The Kier molecular flexibility index (Phi) is 4.43. The molecule has 24 heavy (non-hydrogen) atoms. The molecule has 3 aromatic rings. The molecule has 0 unspecified atom stereocenters. The minimum atomic E-state index is -0.721. The second kappa shape index (κ2) is 6.84. The highest BCUT2D eigenvalue weighted by Crippen LogP contribution is 2.23. The van der Waals surface area contributed by atoms with Crippen LogP contribution in [0, 0.1) is 0 Å². The largest absolute Gasteiger partial charge is 0.424 e. The molecule has 1 amide bonds. The summed E-state index contributed by atoms with van der Waals surface area (Å²) >= 11 is 0. The molecule has 3 rings (SSSR count). The van der Waals surface area contributed by atoms with Crippen molar-refractivity contribution in [1.82, 2.24) is 20.1 Å². The lowest BCUT2D eigenvalue weighted by atomic mass is 10.2. The van der Waals surface area contributed by atoms with Gasteiger partial charge in [0.05, 0.1) is 12.5 Å². The van der Waals surface area contributed by atoms with E-state index in [0.717, 1.165) is 0 Å². The molecule has 4 N–H and O–H groups in total. The standard InChI is InChI=1S/C15H14N6O3/c16-11(8-12(17)22)14-20-13(21-24-14)9-2-4-10(5-3-9)23-15-18-6-1-7-19-15/h1-7,11H,8,16H2,(H2,17,22)/t11-/m0/s1. The fourth-order valence-electron chi connectivity index (χ4n) is 1.92. The summed E-state index contributed by atoms with van der Waals surface area (Å²) in [4.78, 5) is 23.0. The third kappa shape index (κ3) is 3.70. The van der Waals surface area contributed by atoms with Crippen molar-refractivity contribution in [2.75, 3.05) is 0 Å². The number of carbonyl (C=O) groups is 1. The first kappa shape index (κ1) is 15.6. The topological polar surface area (TPSA) is 143 Å². The van der Waals surface area contributed by atoms with Crippen molar-refractivity contribution in [3.05, 3.63) is 48.6 Å². The average Bonchev–Trinajstić information content (AvgIpc) is 3.06. The predicted octanol–water partition coefficient (Wildman–Crippen LogP) is 1.19. The number of hydrogen-bond donors (Lipinski definition) is 2. The fraction of sp³-hybridized carbons (Fsp3) is 0.133. The number of carbonyl (C=O) groups excluding carboxylic acids is 1. The highest BCUT2D eigenvalue weighted by molar-refractivity contribution is 5.74. The molecule has 0 spiro atoms. The molecule has 0 aliphatic rings. The molecule has 0 fully saturated rings. The minimum absolute atomic E-state index is 0.0640. The van der Waals surface area contributed by atoms with Gasteiger partial charge in [-0.25, -0.2) is 9.97 Å². The molecule has 9 nitrogen and oxygen atoms in total. The number of benzene rings is 1.